The molecule has 0 aliphatic carbocycles. The second-order valence-electron chi connectivity index (χ2n) is 4.88. The average Bonchev–Trinajstić information content (AvgIpc) is 2.82. The molecule has 1 aromatic heterocycles. The van der Waals surface area contributed by atoms with Crippen molar-refractivity contribution >= 4 is 21.8 Å². The highest BCUT2D eigenvalue weighted by Crippen LogP contribution is 2.21. The first-order valence-electron chi connectivity index (χ1n) is 6.34. The summed E-state index contributed by atoms with van der Waals surface area (Å²) in [6.07, 6.45) is 0. The molecule has 2 rings (SSSR count). The molecule has 0 radical (unpaired) electrons. The molecule has 0 fully saturated rings. The summed E-state index contributed by atoms with van der Waals surface area (Å²) in [5.41, 5.74) is 0.593. The number of amides is 1. The minimum atomic E-state index is -0.299. The van der Waals surface area contributed by atoms with Gasteiger partial charge in [-0.3, -0.25) is 4.79 Å². The van der Waals surface area contributed by atoms with E-state index in [1.54, 1.807) is 19.1 Å². The molecule has 1 atom stereocenters. The standard InChI is InChI=1S/C14H16BrN3O2/c1-8(2)12(14-16-9(3)18-20-14)17-13(19)10-4-6-11(15)7-5-10/h4-8,12H,1-3H3,(H,17,19). The van der Waals surface area contributed by atoms with E-state index in [0.29, 0.717) is 17.3 Å². The molecular weight excluding hydrogens is 322 g/mol. The molecule has 0 spiro atoms. The third kappa shape index (κ3) is 3.45. The predicted molar refractivity (Wildman–Crippen MR) is 78.2 cm³/mol. The van der Waals surface area contributed by atoms with Crippen molar-refractivity contribution in [2.45, 2.75) is 26.8 Å². The lowest BCUT2D eigenvalue weighted by atomic mass is 10.0. The van der Waals surface area contributed by atoms with Gasteiger partial charge in [0, 0.05) is 10.0 Å². The van der Waals surface area contributed by atoms with E-state index < -0.39 is 0 Å². The quantitative estimate of drug-likeness (QED) is 0.929. The van der Waals surface area contributed by atoms with E-state index in [2.05, 4.69) is 31.4 Å². The number of hydrogen-bond donors (Lipinski definition) is 1. The number of halogens is 1. The van der Waals surface area contributed by atoms with Gasteiger partial charge in [-0.1, -0.05) is 34.9 Å². The Morgan fingerprint density at radius 1 is 1.30 bits per heavy atom. The maximum Gasteiger partial charge on any atom is 0.251 e. The van der Waals surface area contributed by atoms with Crippen molar-refractivity contribution in [3.8, 4) is 0 Å². The van der Waals surface area contributed by atoms with Crippen molar-refractivity contribution in [2.75, 3.05) is 0 Å². The summed E-state index contributed by atoms with van der Waals surface area (Å²) >= 11 is 3.34. The van der Waals surface area contributed by atoms with Crippen molar-refractivity contribution in [1.82, 2.24) is 15.5 Å². The molecule has 1 N–H and O–H groups in total. The summed E-state index contributed by atoms with van der Waals surface area (Å²) in [5.74, 6) is 0.979. The number of carbonyl (C=O) groups excluding carboxylic acids is 1. The Labute approximate surface area is 125 Å². The fourth-order valence-corrected chi connectivity index (χ4v) is 2.04. The number of nitrogens with zero attached hydrogens (tertiary/aromatic N) is 2. The zero-order valence-electron chi connectivity index (χ0n) is 11.6. The predicted octanol–water partition coefficient (Wildman–Crippen LogP) is 3.27. The summed E-state index contributed by atoms with van der Waals surface area (Å²) in [5, 5.41) is 6.70. The lowest BCUT2D eigenvalue weighted by Gasteiger charge is -2.18. The van der Waals surface area contributed by atoms with Crippen molar-refractivity contribution in [3.05, 3.63) is 46.0 Å². The van der Waals surface area contributed by atoms with E-state index in [0.717, 1.165) is 4.47 Å². The van der Waals surface area contributed by atoms with Gasteiger partial charge < -0.3 is 9.84 Å². The van der Waals surface area contributed by atoms with E-state index in [1.165, 1.54) is 0 Å². The molecule has 0 saturated heterocycles. The van der Waals surface area contributed by atoms with Crippen molar-refractivity contribution in [2.24, 2.45) is 5.92 Å². The minimum absolute atomic E-state index is 0.147. The van der Waals surface area contributed by atoms with Gasteiger partial charge in [0.2, 0.25) is 5.89 Å². The van der Waals surface area contributed by atoms with Crippen molar-refractivity contribution in [3.63, 3.8) is 0 Å². The van der Waals surface area contributed by atoms with Crippen LogP contribution in [0.1, 0.15) is 42.0 Å². The number of carbonyl (C=O) groups is 1. The fraction of sp³-hybridized carbons (Fsp3) is 0.357. The van der Waals surface area contributed by atoms with Gasteiger partial charge in [-0.2, -0.15) is 4.98 Å². The van der Waals surface area contributed by atoms with Crippen LogP contribution in [0.4, 0.5) is 0 Å². The van der Waals surface area contributed by atoms with Crippen LogP contribution in [0.15, 0.2) is 33.3 Å². The molecule has 1 aromatic carbocycles. The Morgan fingerprint density at radius 3 is 2.45 bits per heavy atom. The molecule has 2 aromatic rings. The first-order chi connectivity index (χ1) is 9.47. The zero-order valence-corrected chi connectivity index (χ0v) is 13.1. The van der Waals surface area contributed by atoms with Gasteiger partial charge in [-0.25, -0.2) is 0 Å². The van der Waals surface area contributed by atoms with Gasteiger partial charge in [0.25, 0.3) is 5.91 Å². The molecule has 0 saturated carbocycles. The smallest absolute Gasteiger partial charge is 0.251 e. The van der Waals surface area contributed by atoms with E-state index in [9.17, 15) is 4.79 Å². The molecule has 1 heterocycles. The minimum Gasteiger partial charge on any atom is -0.340 e. The first kappa shape index (κ1) is 14.7. The van der Waals surface area contributed by atoms with Crippen LogP contribution in [0.5, 0.6) is 0 Å². The molecule has 5 nitrogen and oxygen atoms in total. The Kier molecular flexibility index (Phi) is 4.54. The molecule has 0 aliphatic heterocycles. The summed E-state index contributed by atoms with van der Waals surface area (Å²) in [6, 6.07) is 6.88. The normalized spacial score (nSPS) is 12.4. The van der Waals surface area contributed by atoms with Crippen LogP contribution >= 0.6 is 15.9 Å². The maximum atomic E-state index is 12.2. The maximum absolute atomic E-state index is 12.2. The first-order valence-corrected chi connectivity index (χ1v) is 7.13. The van der Waals surface area contributed by atoms with Gasteiger partial charge in [0.05, 0.1) is 0 Å². The van der Waals surface area contributed by atoms with Crippen molar-refractivity contribution < 1.29 is 9.32 Å². The van der Waals surface area contributed by atoms with E-state index >= 15 is 0 Å². The monoisotopic (exact) mass is 337 g/mol. The Balaban J connectivity index is 2.16. The lowest BCUT2D eigenvalue weighted by Crippen LogP contribution is -2.32. The van der Waals surface area contributed by atoms with Gasteiger partial charge in [0.1, 0.15) is 6.04 Å². The van der Waals surface area contributed by atoms with Crippen LogP contribution in [0.3, 0.4) is 0 Å². The lowest BCUT2D eigenvalue weighted by molar-refractivity contribution is 0.0914. The SMILES string of the molecule is Cc1noc(C(NC(=O)c2ccc(Br)cc2)C(C)C)n1. The second kappa shape index (κ2) is 6.17. The largest absolute Gasteiger partial charge is 0.340 e. The van der Waals surface area contributed by atoms with E-state index in [4.69, 9.17) is 4.52 Å². The van der Waals surface area contributed by atoms with Gasteiger partial charge in [-0.15, -0.1) is 0 Å². The Bertz CT molecular complexity index is 593. The van der Waals surface area contributed by atoms with Gasteiger partial charge >= 0.3 is 0 Å². The number of hydrogen-bond acceptors (Lipinski definition) is 4. The van der Waals surface area contributed by atoms with E-state index in [-0.39, 0.29) is 17.9 Å². The molecule has 6 heteroatoms. The van der Waals surface area contributed by atoms with Gasteiger partial charge in [-0.05, 0) is 37.1 Å². The molecule has 1 amide bonds. The highest BCUT2D eigenvalue weighted by Gasteiger charge is 2.24. The number of nitrogens with one attached hydrogen (secondary N) is 1. The highest BCUT2D eigenvalue weighted by atomic mass is 79.9. The highest BCUT2D eigenvalue weighted by molar-refractivity contribution is 9.10. The summed E-state index contributed by atoms with van der Waals surface area (Å²) in [4.78, 5) is 16.4. The average molecular weight is 338 g/mol. The zero-order chi connectivity index (χ0) is 14.7. The number of rotatable bonds is 4. The molecule has 0 bridgehead atoms. The van der Waals surface area contributed by atoms with E-state index in [1.807, 2.05) is 26.0 Å². The summed E-state index contributed by atoms with van der Waals surface area (Å²) < 4.78 is 6.09. The fourth-order valence-electron chi connectivity index (χ4n) is 1.78. The van der Waals surface area contributed by atoms with Crippen molar-refractivity contribution in [1.29, 1.82) is 0 Å². The molecule has 20 heavy (non-hydrogen) atoms. The topological polar surface area (TPSA) is 68.0 Å². The van der Waals surface area contributed by atoms with Crippen LogP contribution in [0.2, 0.25) is 0 Å². The second-order valence-corrected chi connectivity index (χ2v) is 5.80. The van der Waals surface area contributed by atoms with Crippen LogP contribution in [0.25, 0.3) is 0 Å². The van der Waals surface area contributed by atoms with Crippen LogP contribution in [-0.2, 0) is 0 Å². The third-order valence-electron chi connectivity index (χ3n) is 2.87. The third-order valence-corrected chi connectivity index (χ3v) is 3.40. The molecule has 106 valence electrons. The molecule has 0 aliphatic rings. The Hall–Kier alpha value is -1.69. The summed E-state index contributed by atoms with van der Waals surface area (Å²) in [7, 11) is 0. The molecular formula is C14H16BrN3O2. The van der Waals surface area contributed by atoms with Crippen LogP contribution < -0.4 is 5.32 Å². The Morgan fingerprint density at radius 2 is 1.95 bits per heavy atom. The van der Waals surface area contributed by atoms with Gasteiger partial charge in [0.15, 0.2) is 5.82 Å². The van der Waals surface area contributed by atoms with Crippen LogP contribution in [0, 0.1) is 12.8 Å². The number of aromatic nitrogens is 2. The number of benzene rings is 1. The van der Waals surface area contributed by atoms with Crippen LogP contribution in [-0.4, -0.2) is 16.0 Å². The number of aryl methyl sites for hydroxylation is 1. The molecule has 1 unspecified atom stereocenters. The summed E-state index contributed by atoms with van der Waals surface area (Å²) in [6.45, 7) is 5.74.